The second-order valence-electron chi connectivity index (χ2n) is 4.49. The van der Waals surface area contributed by atoms with E-state index in [4.69, 9.17) is 17.3 Å². The van der Waals surface area contributed by atoms with Gasteiger partial charge < -0.3 is 5.73 Å². The van der Waals surface area contributed by atoms with E-state index in [9.17, 15) is 4.39 Å². The molecule has 2 unspecified atom stereocenters. The molecule has 88 valence electrons. The lowest BCUT2D eigenvalue weighted by Crippen LogP contribution is -2.21. The van der Waals surface area contributed by atoms with Crippen molar-refractivity contribution in [3.05, 3.63) is 33.0 Å². The highest BCUT2D eigenvalue weighted by Crippen LogP contribution is 2.43. The van der Waals surface area contributed by atoms with Crippen LogP contribution in [-0.4, -0.2) is 0 Å². The van der Waals surface area contributed by atoms with Crippen LogP contribution in [0.5, 0.6) is 0 Å². The van der Waals surface area contributed by atoms with Crippen LogP contribution in [-0.2, 0) is 0 Å². The predicted octanol–water partition coefficient (Wildman–Crippen LogP) is 4.29. The maximum Gasteiger partial charge on any atom is 0.147 e. The minimum absolute atomic E-state index is 0.121. The topological polar surface area (TPSA) is 26.0 Å². The van der Waals surface area contributed by atoms with Crippen molar-refractivity contribution in [2.45, 2.75) is 25.8 Å². The average molecular weight is 307 g/mol. The number of hydrogen-bond acceptors (Lipinski definition) is 1. The summed E-state index contributed by atoms with van der Waals surface area (Å²) in [5, 5.41) is 0.121. The second-order valence-corrected chi connectivity index (χ2v) is 5.72. The van der Waals surface area contributed by atoms with Crippen molar-refractivity contribution in [2.75, 3.05) is 0 Å². The van der Waals surface area contributed by atoms with Crippen LogP contribution in [0.2, 0.25) is 5.02 Å². The van der Waals surface area contributed by atoms with Crippen molar-refractivity contribution in [2.24, 2.45) is 17.6 Å². The highest BCUT2D eigenvalue weighted by atomic mass is 79.9. The minimum Gasteiger partial charge on any atom is -0.324 e. The van der Waals surface area contributed by atoms with E-state index in [-0.39, 0.29) is 11.1 Å². The molecule has 0 heterocycles. The number of rotatable bonds is 3. The normalized spacial score (nSPS) is 19.6. The van der Waals surface area contributed by atoms with Crippen LogP contribution in [0.4, 0.5) is 4.39 Å². The maximum atomic E-state index is 13.9. The molecule has 0 bridgehead atoms. The molecule has 1 aromatic rings. The van der Waals surface area contributed by atoms with Gasteiger partial charge in [-0.2, -0.15) is 0 Å². The summed E-state index contributed by atoms with van der Waals surface area (Å²) in [7, 11) is 0. The van der Waals surface area contributed by atoms with Crippen LogP contribution in [0, 0.1) is 17.7 Å². The monoisotopic (exact) mass is 305 g/mol. The molecule has 0 aromatic heterocycles. The summed E-state index contributed by atoms with van der Waals surface area (Å²) in [4.78, 5) is 0. The fourth-order valence-corrected chi connectivity index (χ4v) is 2.48. The summed E-state index contributed by atoms with van der Waals surface area (Å²) in [5.41, 5.74) is 6.61. The van der Waals surface area contributed by atoms with Crippen molar-refractivity contribution in [3.63, 3.8) is 0 Å². The van der Waals surface area contributed by atoms with Crippen molar-refractivity contribution in [3.8, 4) is 0 Å². The Morgan fingerprint density at radius 2 is 2.12 bits per heavy atom. The first-order valence-corrected chi connectivity index (χ1v) is 6.58. The first-order chi connectivity index (χ1) is 7.52. The molecule has 2 rings (SSSR count). The highest BCUT2D eigenvalue weighted by Gasteiger charge is 2.33. The number of nitrogens with two attached hydrogens (primary N) is 1. The molecule has 4 heteroatoms. The third-order valence-corrected chi connectivity index (χ3v) is 4.61. The van der Waals surface area contributed by atoms with Crippen LogP contribution >= 0.6 is 27.5 Å². The van der Waals surface area contributed by atoms with Gasteiger partial charge >= 0.3 is 0 Å². The molecular formula is C12H14BrClFN. The molecule has 0 amide bonds. The molecule has 16 heavy (non-hydrogen) atoms. The summed E-state index contributed by atoms with van der Waals surface area (Å²) in [6.07, 6.45) is 2.42. The number of hydrogen-bond donors (Lipinski definition) is 1. The Hall–Kier alpha value is -0.120. The summed E-state index contributed by atoms with van der Waals surface area (Å²) >= 11 is 9.04. The lowest BCUT2D eigenvalue weighted by Gasteiger charge is -2.21. The van der Waals surface area contributed by atoms with Crippen LogP contribution in [0.15, 0.2) is 16.6 Å². The third-order valence-electron chi connectivity index (χ3n) is 3.36. The third kappa shape index (κ3) is 2.27. The van der Waals surface area contributed by atoms with E-state index < -0.39 is 5.82 Å². The Kier molecular flexibility index (Phi) is 3.57. The largest absolute Gasteiger partial charge is 0.324 e. The SMILES string of the molecule is CC(C1CC1)C(N)c1ccc(Br)c(Cl)c1F. The van der Waals surface area contributed by atoms with Gasteiger partial charge in [0.2, 0.25) is 0 Å². The maximum absolute atomic E-state index is 13.9. The first kappa shape index (κ1) is 12.3. The van der Waals surface area contributed by atoms with Gasteiger partial charge in [-0.05, 0) is 46.7 Å². The van der Waals surface area contributed by atoms with Crippen molar-refractivity contribution >= 4 is 27.5 Å². The molecule has 0 radical (unpaired) electrons. The van der Waals surface area contributed by atoms with Gasteiger partial charge in [-0.1, -0.05) is 24.6 Å². The lowest BCUT2D eigenvalue weighted by molar-refractivity contribution is 0.405. The minimum atomic E-state index is -0.393. The van der Waals surface area contributed by atoms with E-state index in [1.807, 2.05) is 0 Å². The fourth-order valence-electron chi connectivity index (χ4n) is 2.00. The summed E-state index contributed by atoms with van der Waals surface area (Å²) < 4.78 is 14.5. The van der Waals surface area contributed by atoms with Crippen LogP contribution in [0.3, 0.4) is 0 Å². The van der Waals surface area contributed by atoms with Crippen molar-refractivity contribution in [1.29, 1.82) is 0 Å². The molecule has 1 aliphatic carbocycles. The molecule has 2 N–H and O–H groups in total. The van der Waals surface area contributed by atoms with Gasteiger partial charge in [-0.15, -0.1) is 0 Å². The van der Waals surface area contributed by atoms with Gasteiger partial charge in [-0.25, -0.2) is 4.39 Å². The summed E-state index contributed by atoms with van der Waals surface area (Å²) in [6.45, 7) is 2.08. The summed E-state index contributed by atoms with van der Waals surface area (Å²) in [6, 6.07) is 3.20. The van der Waals surface area contributed by atoms with E-state index >= 15 is 0 Å². The van der Waals surface area contributed by atoms with Gasteiger partial charge in [0.25, 0.3) is 0 Å². The Labute approximate surface area is 108 Å². The lowest BCUT2D eigenvalue weighted by atomic mass is 9.91. The first-order valence-electron chi connectivity index (χ1n) is 5.41. The fraction of sp³-hybridized carbons (Fsp3) is 0.500. The van der Waals surface area contributed by atoms with E-state index in [1.54, 1.807) is 12.1 Å². The second kappa shape index (κ2) is 4.63. The van der Waals surface area contributed by atoms with Gasteiger partial charge in [0.15, 0.2) is 0 Å². The van der Waals surface area contributed by atoms with Crippen LogP contribution < -0.4 is 5.73 Å². The van der Waals surface area contributed by atoms with Gasteiger partial charge in [0.05, 0.1) is 5.02 Å². The van der Waals surface area contributed by atoms with Crippen molar-refractivity contribution in [1.82, 2.24) is 0 Å². The summed E-state index contributed by atoms with van der Waals surface area (Å²) in [5.74, 6) is 0.569. The Morgan fingerprint density at radius 1 is 1.50 bits per heavy atom. The molecule has 0 saturated heterocycles. The smallest absolute Gasteiger partial charge is 0.147 e. The molecular weight excluding hydrogens is 292 g/mol. The molecule has 1 saturated carbocycles. The van der Waals surface area contributed by atoms with Crippen LogP contribution in [0.25, 0.3) is 0 Å². The van der Waals surface area contributed by atoms with E-state index in [2.05, 4.69) is 22.9 Å². The Balaban J connectivity index is 2.29. The predicted molar refractivity (Wildman–Crippen MR) is 67.9 cm³/mol. The molecule has 1 nitrogen and oxygen atoms in total. The zero-order chi connectivity index (χ0) is 11.9. The quantitative estimate of drug-likeness (QED) is 0.828. The number of benzene rings is 1. The number of halogens is 3. The molecule has 0 spiro atoms. The molecule has 0 aliphatic heterocycles. The zero-order valence-corrected chi connectivity index (χ0v) is 11.4. The van der Waals surface area contributed by atoms with Gasteiger partial charge in [-0.3, -0.25) is 0 Å². The van der Waals surface area contributed by atoms with Crippen molar-refractivity contribution < 1.29 is 4.39 Å². The van der Waals surface area contributed by atoms with E-state index in [0.717, 1.165) is 0 Å². The average Bonchev–Trinajstić information content (AvgIpc) is 3.08. The highest BCUT2D eigenvalue weighted by molar-refractivity contribution is 9.10. The zero-order valence-electron chi connectivity index (χ0n) is 9.01. The van der Waals surface area contributed by atoms with E-state index in [0.29, 0.717) is 21.9 Å². The molecule has 1 aromatic carbocycles. The Morgan fingerprint density at radius 3 is 2.69 bits per heavy atom. The molecule has 1 aliphatic rings. The van der Waals surface area contributed by atoms with Gasteiger partial charge in [0, 0.05) is 16.1 Å². The Bertz CT molecular complexity index is 406. The molecule has 2 atom stereocenters. The standard InChI is InChI=1S/C12H14BrClFN/c1-6(7-2-3-7)12(16)8-4-5-9(13)10(14)11(8)15/h4-7,12H,2-3,16H2,1H3. The van der Waals surface area contributed by atoms with Crippen LogP contribution in [0.1, 0.15) is 31.4 Å². The molecule has 1 fully saturated rings. The van der Waals surface area contributed by atoms with Gasteiger partial charge in [0.1, 0.15) is 5.82 Å². The van der Waals surface area contributed by atoms with E-state index in [1.165, 1.54) is 12.8 Å².